The van der Waals surface area contributed by atoms with Crippen molar-refractivity contribution < 1.29 is 24.2 Å². The van der Waals surface area contributed by atoms with Crippen molar-refractivity contribution in [3.05, 3.63) is 0 Å². The van der Waals surface area contributed by atoms with Crippen molar-refractivity contribution >= 4 is 11.9 Å². The molecule has 0 bridgehead atoms. The Morgan fingerprint density at radius 3 is 2.68 bits per heavy atom. The predicted octanol–water partition coefficient (Wildman–Crippen LogP) is 1.42. The zero-order chi connectivity index (χ0) is 14.1. The van der Waals surface area contributed by atoms with E-state index in [9.17, 15) is 14.7 Å². The molecule has 2 rings (SSSR count). The lowest BCUT2D eigenvalue weighted by molar-refractivity contribution is -0.172. The number of esters is 2. The Morgan fingerprint density at radius 1 is 1.32 bits per heavy atom. The summed E-state index contributed by atoms with van der Waals surface area (Å²) < 4.78 is 9.84. The highest BCUT2D eigenvalue weighted by Gasteiger charge is 2.66. The van der Waals surface area contributed by atoms with Crippen molar-refractivity contribution in [1.29, 1.82) is 0 Å². The Kier molecular flexibility index (Phi) is 3.85. The fourth-order valence-corrected chi connectivity index (χ4v) is 3.92. The number of hydrogen-bond donors (Lipinski definition) is 1. The monoisotopic (exact) mass is 270 g/mol. The Hall–Kier alpha value is -1.10. The molecule has 1 N–H and O–H groups in total. The Labute approximate surface area is 113 Å². The first kappa shape index (κ1) is 14.3. The van der Waals surface area contributed by atoms with Crippen LogP contribution in [-0.2, 0) is 19.1 Å². The minimum absolute atomic E-state index is 0.175. The zero-order valence-electron chi connectivity index (χ0n) is 11.6. The number of carbonyl (C=O) groups is 2. The Morgan fingerprint density at radius 2 is 2.05 bits per heavy atom. The summed E-state index contributed by atoms with van der Waals surface area (Å²) >= 11 is 0. The molecule has 19 heavy (non-hydrogen) atoms. The maximum absolute atomic E-state index is 12.3. The van der Waals surface area contributed by atoms with Crippen LogP contribution in [0.1, 0.15) is 45.4 Å². The minimum Gasteiger partial charge on any atom is -0.469 e. The summed E-state index contributed by atoms with van der Waals surface area (Å²) in [6, 6.07) is 0. The molecule has 0 aromatic heterocycles. The molecular weight excluding hydrogens is 248 g/mol. The first-order valence-electron chi connectivity index (χ1n) is 6.96. The fourth-order valence-electron chi connectivity index (χ4n) is 3.92. The van der Waals surface area contributed by atoms with E-state index in [-0.39, 0.29) is 24.3 Å². The van der Waals surface area contributed by atoms with Crippen molar-refractivity contribution in [3.63, 3.8) is 0 Å². The van der Waals surface area contributed by atoms with Gasteiger partial charge in [0.1, 0.15) is 0 Å². The van der Waals surface area contributed by atoms with Crippen LogP contribution in [-0.4, -0.2) is 36.4 Å². The van der Waals surface area contributed by atoms with E-state index in [0.717, 1.165) is 6.42 Å². The first-order valence-corrected chi connectivity index (χ1v) is 6.96. The van der Waals surface area contributed by atoms with Crippen LogP contribution >= 0.6 is 0 Å². The van der Waals surface area contributed by atoms with Gasteiger partial charge in [-0.1, -0.05) is 0 Å². The molecule has 0 aliphatic heterocycles. The van der Waals surface area contributed by atoms with E-state index in [2.05, 4.69) is 4.74 Å². The summed E-state index contributed by atoms with van der Waals surface area (Å²) in [5.74, 6) is -0.834. The second-order valence-corrected chi connectivity index (χ2v) is 5.60. The number of ether oxygens (including phenoxy) is 2. The van der Waals surface area contributed by atoms with Crippen LogP contribution in [0.5, 0.6) is 0 Å². The SMILES string of the molecule is CCOC(=O)[C@@]12CCC[C@]1(O)[C@H](CC(=O)OC)CC2. The molecule has 5 nitrogen and oxygen atoms in total. The van der Waals surface area contributed by atoms with Crippen LogP contribution < -0.4 is 0 Å². The molecule has 2 fully saturated rings. The second kappa shape index (κ2) is 5.12. The lowest BCUT2D eigenvalue weighted by Gasteiger charge is -2.37. The molecule has 0 aromatic carbocycles. The molecule has 0 saturated heterocycles. The third kappa shape index (κ3) is 2.04. The average molecular weight is 270 g/mol. The zero-order valence-corrected chi connectivity index (χ0v) is 11.6. The molecule has 0 radical (unpaired) electrons. The van der Waals surface area contributed by atoms with Crippen molar-refractivity contribution in [1.82, 2.24) is 0 Å². The molecule has 2 aliphatic rings. The summed E-state index contributed by atoms with van der Waals surface area (Å²) in [6.07, 6.45) is 3.46. The van der Waals surface area contributed by atoms with Gasteiger partial charge in [-0.25, -0.2) is 0 Å². The highest BCUT2D eigenvalue weighted by molar-refractivity contribution is 5.80. The average Bonchev–Trinajstić information content (AvgIpc) is 2.85. The molecule has 5 heteroatoms. The smallest absolute Gasteiger partial charge is 0.315 e. The summed E-state index contributed by atoms with van der Waals surface area (Å²) in [6.45, 7) is 2.09. The van der Waals surface area contributed by atoms with Crippen LogP contribution in [0.4, 0.5) is 0 Å². The molecule has 2 saturated carbocycles. The number of methoxy groups -OCH3 is 1. The maximum Gasteiger partial charge on any atom is 0.315 e. The van der Waals surface area contributed by atoms with Gasteiger partial charge in [0.05, 0.1) is 31.2 Å². The van der Waals surface area contributed by atoms with E-state index in [1.165, 1.54) is 7.11 Å². The van der Waals surface area contributed by atoms with Gasteiger partial charge in [0.25, 0.3) is 0 Å². The van der Waals surface area contributed by atoms with E-state index < -0.39 is 11.0 Å². The van der Waals surface area contributed by atoms with Crippen LogP contribution in [0.2, 0.25) is 0 Å². The van der Waals surface area contributed by atoms with Crippen molar-refractivity contribution in [2.75, 3.05) is 13.7 Å². The van der Waals surface area contributed by atoms with Gasteiger partial charge in [-0.2, -0.15) is 0 Å². The van der Waals surface area contributed by atoms with Gasteiger partial charge >= 0.3 is 11.9 Å². The van der Waals surface area contributed by atoms with Gasteiger partial charge in [0.15, 0.2) is 0 Å². The van der Waals surface area contributed by atoms with Crippen molar-refractivity contribution in [3.8, 4) is 0 Å². The van der Waals surface area contributed by atoms with Gasteiger partial charge in [-0.05, 0) is 44.9 Å². The number of rotatable bonds is 4. The largest absolute Gasteiger partial charge is 0.469 e. The summed E-state index contributed by atoms with van der Waals surface area (Å²) in [5.41, 5.74) is -1.91. The predicted molar refractivity (Wildman–Crippen MR) is 67.2 cm³/mol. The fraction of sp³-hybridized carbons (Fsp3) is 0.857. The molecule has 0 unspecified atom stereocenters. The third-order valence-electron chi connectivity index (χ3n) is 4.89. The van der Waals surface area contributed by atoms with Crippen molar-refractivity contribution in [2.24, 2.45) is 11.3 Å². The lowest BCUT2D eigenvalue weighted by Crippen LogP contribution is -2.49. The van der Waals surface area contributed by atoms with E-state index in [4.69, 9.17) is 4.74 Å². The molecule has 0 heterocycles. The van der Waals surface area contributed by atoms with Crippen LogP contribution in [0, 0.1) is 11.3 Å². The Balaban J connectivity index is 2.22. The van der Waals surface area contributed by atoms with Gasteiger partial charge in [-0.15, -0.1) is 0 Å². The molecular formula is C14H22O5. The normalized spacial score (nSPS) is 36.9. The van der Waals surface area contributed by atoms with Crippen LogP contribution in [0.3, 0.4) is 0 Å². The standard InChI is InChI=1S/C14H22O5/c1-3-19-12(16)13-6-4-7-14(13,17)10(5-8-13)9-11(15)18-2/h10,17H,3-9H2,1-2H3/t10-,13-,14-/m0/s1. The number of aliphatic hydroxyl groups is 1. The van der Waals surface area contributed by atoms with Crippen LogP contribution in [0.25, 0.3) is 0 Å². The summed E-state index contributed by atoms with van der Waals surface area (Å²) in [7, 11) is 1.34. The second-order valence-electron chi connectivity index (χ2n) is 5.60. The first-order chi connectivity index (χ1) is 9.00. The number of hydrogen-bond acceptors (Lipinski definition) is 5. The van der Waals surface area contributed by atoms with Gasteiger partial charge < -0.3 is 14.6 Å². The Bertz CT molecular complexity index is 380. The highest BCUT2D eigenvalue weighted by Crippen LogP contribution is 2.61. The van der Waals surface area contributed by atoms with E-state index >= 15 is 0 Å². The number of fused-ring (bicyclic) bond motifs is 1. The molecule has 3 atom stereocenters. The van der Waals surface area contributed by atoms with Gasteiger partial charge in [0, 0.05) is 0 Å². The molecule has 0 amide bonds. The van der Waals surface area contributed by atoms with E-state index in [1.54, 1.807) is 6.92 Å². The van der Waals surface area contributed by atoms with E-state index in [1.807, 2.05) is 0 Å². The van der Waals surface area contributed by atoms with Gasteiger partial charge in [0.2, 0.25) is 0 Å². The minimum atomic E-state index is -1.10. The third-order valence-corrected chi connectivity index (χ3v) is 4.89. The summed E-state index contributed by atoms with van der Waals surface area (Å²) in [4.78, 5) is 23.7. The molecule has 2 aliphatic carbocycles. The van der Waals surface area contributed by atoms with Crippen molar-refractivity contribution in [2.45, 2.75) is 51.0 Å². The topological polar surface area (TPSA) is 72.8 Å². The molecule has 0 spiro atoms. The lowest BCUT2D eigenvalue weighted by atomic mass is 9.73. The quantitative estimate of drug-likeness (QED) is 0.782. The highest BCUT2D eigenvalue weighted by atomic mass is 16.5. The molecule has 0 aromatic rings. The summed E-state index contributed by atoms with van der Waals surface area (Å²) in [5, 5.41) is 11.0. The van der Waals surface area contributed by atoms with Crippen LogP contribution in [0.15, 0.2) is 0 Å². The van der Waals surface area contributed by atoms with Gasteiger partial charge in [-0.3, -0.25) is 9.59 Å². The molecule has 108 valence electrons. The number of carbonyl (C=O) groups excluding carboxylic acids is 2. The van der Waals surface area contributed by atoms with E-state index in [0.29, 0.717) is 32.3 Å². The maximum atomic E-state index is 12.3.